The summed E-state index contributed by atoms with van der Waals surface area (Å²) in [6, 6.07) is 0.569. The average molecular weight is 125 g/mol. The Labute approximate surface area is 54.9 Å². The largest absolute Gasteiger partial charge is 0.365 e. The molecule has 2 nitrogen and oxygen atoms in total. The van der Waals surface area contributed by atoms with Crippen LogP contribution < -0.4 is 5.32 Å². The molecule has 3 unspecified atom stereocenters. The Kier molecular flexibility index (Phi) is 1.10. The van der Waals surface area contributed by atoms with Crippen molar-refractivity contribution in [1.82, 2.24) is 5.32 Å². The van der Waals surface area contributed by atoms with Gasteiger partial charge in [-0.25, -0.2) is 0 Å². The maximum atomic E-state index is 5.50. The summed E-state index contributed by atoms with van der Waals surface area (Å²) < 4.78 is 5.50. The highest BCUT2D eigenvalue weighted by molar-refractivity contribution is 5.13. The zero-order chi connectivity index (χ0) is 6.27. The molecule has 0 radical (unpaired) electrons. The van der Waals surface area contributed by atoms with Gasteiger partial charge in [0.15, 0.2) is 0 Å². The van der Waals surface area contributed by atoms with E-state index < -0.39 is 0 Å². The van der Waals surface area contributed by atoms with Crippen LogP contribution in [-0.2, 0) is 4.74 Å². The molecule has 50 valence electrons. The molecule has 0 aromatic rings. The van der Waals surface area contributed by atoms with Crippen molar-refractivity contribution in [2.45, 2.75) is 24.7 Å². The zero-order valence-corrected chi connectivity index (χ0v) is 5.50. The summed E-state index contributed by atoms with van der Waals surface area (Å²) in [5.74, 6) is 0. The minimum atomic E-state index is 0.361. The second kappa shape index (κ2) is 1.82. The van der Waals surface area contributed by atoms with Crippen molar-refractivity contribution in [3.63, 3.8) is 0 Å². The molecule has 2 heterocycles. The van der Waals surface area contributed by atoms with Crippen molar-refractivity contribution in [3.8, 4) is 0 Å². The second-order valence-corrected chi connectivity index (χ2v) is 2.65. The summed E-state index contributed by atoms with van der Waals surface area (Å²) in [5.41, 5.74) is 0. The molecule has 2 bridgehead atoms. The molecule has 2 rings (SSSR count). The van der Waals surface area contributed by atoms with Crippen LogP contribution in [0.1, 0.15) is 6.42 Å². The van der Waals surface area contributed by atoms with E-state index >= 15 is 0 Å². The topological polar surface area (TPSA) is 21.3 Å². The van der Waals surface area contributed by atoms with Gasteiger partial charge in [0.2, 0.25) is 0 Å². The lowest BCUT2D eigenvalue weighted by molar-refractivity contribution is 0.114. The minimum Gasteiger partial charge on any atom is -0.365 e. The van der Waals surface area contributed by atoms with Gasteiger partial charge in [-0.2, -0.15) is 0 Å². The summed E-state index contributed by atoms with van der Waals surface area (Å²) in [7, 11) is 1.99. The Morgan fingerprint density at radius 1 is 1.56 bits per heavy atom. The molecule has 3 atom stereocenters. The van der Waals surface area contributed by atoms with Crippen LogP contribution in [0.5, 0.6) is 0 Å². The Hall–Kier alpha value is -0.340. The molecule has 0 aromatic heterocycles. The molecule has 1 N–H and O–H groups in total. The quantitative estimate of drug-likeness (QED) is 0.509. The van der Waals surface area contributed by atoms with Crippen LogP contribution in [0.3, 0.4) is 0 Å². The highest BCUT2D eigenvalue weighted by Gasteiger charge is 2.35. The maximum Gasteiger partial charge on any atom is 0.0918 e. The van der Waals surface area contributed by atoms with Gasteiger partial charge in [-0.05, 0) is 13.5 Å². The number of hydrogen-bond acceptors (Lipinski definition) is 2. The Morgan fingerprint density at radius 2 is 2.44 bits per heavy atom. The minimum absolute atomic E-state index is 0.361. The first kappa shape index (κ1) is 5.45. The summed E-state index contributed by atoms with van der Waals surface area (Å²) in [5, 5.41) is 3.22. The van der Waals surface area contributed by atoms with E-state index in [0.29, 0.717) is 18.2 Å². The molecule has 1 fully saturated rings. The van der Waals surface area contributed by atoms with Crippen molar-refractivity contribution in [2.75, 3.05) is 7.05 Å². The number of nitrogens with one attached hydrogen (secondary N) is 1. The Morgan fingerprint density at radius 3 is 2.78 bits per heavy atom. The van der Waals surface area contributed by atoms with Crippen molar-refractivity contribution in [2.24, 2.45) is 0 Å². The molecule has 0 amide bonds. The van der Waals surface area contributed by atoms with Gasteiger partial charge in [-0.1, -0.05) is 12.2 Å². The first-order valence-corrected chi connectivity index (χ1v) is 3.41. The molecule has 0 aliphatic carbocycles. The van der Waals surface area contributed by atoms with Gasteiger partial charge in [0, 0.05) is 6.04 Å². The summed E-state index contributed by atoms with van der Waals surface area (Å²) in [6.07, 6.45) is 6.22. The lowest BCUT2D eigenvalue weighted by Gasteiger charge is -2.12. The molecule has 1 saturated heterocycles. The second-order valence-electron chi connectivity index (χ2n) is 2.65. The standard InChI is InChI=1S/C7H11NO/c1-8-6-4-5-2-3-7(6)9-5/h2-3,5-8H,4H2,1H3. The Bertz CT molecular complexity index is 144. The van der Waals surface area contributed by atoms with Gasteiger partial charge in [-0.3, -0.25) is 0 Å². The van der Waals surface area contributed by atoms with Crippen molar-refractivity contribution >= 4 is 0 Å². The third kappa shape index (κ3) is 0.705. The molecule has 2 aliphatic rings. The van der Waals surface area contributed by atoms with Gasteiger partial charge in [0.1, 0.15) is 0 Å². The molecule has 9 heavy (non-hydrogen) atoms. The molecule has 0 aromatic carbocycles. The molecule has 0 spiro atoms. The molecule has 0 saturated carbocycles. The van der Waals surface area contributed by atoms with Crippen LogP contribution in [0.25, 0.3) is 0 Å². The van der Waals surface area contributed by atoms with E-state index in [1.54, 1.807) is 0 Å². The van der Waals surface area contributed by atoms with E-state index in [4.69, 9.17) is 4.74 Å². The summed E-state index contributed by atoms with van der Waals surface area (Å²) >= 11 is 0. The predicted molar refractivity (Wildman–Crippen MR) is 35.3 cm³/mol. The van der Waals surface area contributed by atoms with E-state index in [1.807, 2.05) is 7.05 Å². The predicted octanol–water partition coefficient (Wildman–Crippen LogP) is 0.302. The highest BCUT2D eigenvalue weighted by atomic mass is 16.5. The fourth-order valence-electron chi connectivity index (χ4n) is 1.56. The van der Waals surface area contributed by atoms with E-state index in [-0.39, 0.29) is 0 Å². The fourth-order valence-corrected chi connectivity index (χ4v) is 1.56. The van der Waals surface area contributed by atoms with Crippen LogP contribution in [0, 0.1) is 0 Å². The van der Waals surface area contributed by atoms with E-state index in [0.717, 1.165) is 6.42 Å². The van der Waals surface area contributed by atoms with Crippen LogP contribution in [0.4, 0.5) is 0 Å². The van der Waals surface area contributed by atoms with Crippen LogP contribution in [0.2, 0.25) is 0 Å². The normalized spacial score (nSPS) is 46.6. The third-order valence-corrected chi connectivity index (χ3v) is 2.10. The number of ether oxygens (including phenoxy) is 1. The first-order valence-electron chi connectivity index (χ1n) is 3.41. The number of fused-ring (bicyclic) bond motifs is 2. The molecular weight excluding hydrogens is 114 g/mol. The van der Waals surface area contributed by atoms with Crippen LogP contribution >= 0.6 is 0 Å². The SMILES string of the molecule is CNC1CC2C=CC1O2. The molecule has 2 heteroatoms. The van der Waals surface area contributed by atoms with Crippen molar-refractivity contribution in [3.05, 3.63) is 12.2 Å². The lowest BCUT2D eigenvalue weighted by atomic mass is 10.0. The van der Waals surface area contributed by atoms with Gasteiger partial charge in [0.05, 0.1) is 12.2 Å². The van der Waals surface area contributed by atoms with Crippen molar-refractivity contribution in [1.29, 1.82) is 0 Å². The third-order valence-electron chi connectivity index (χ3n) is 2.10. The van der Waals surface area contributed by atoms with E-state index in [9.17, 15) is 0 Å². The van der Waals surface area contributed by atoms with Gasteiger partial charge >= 0.3 is 0 Å². The van der Waals surface area contributed by atoms with Gasteiger partial charge < -0.3 is 10.1 Å². The number of likely N-dealkylation sites (N-methyl/N-ethyl adjacent to an activating group) is 1. The average Bonchev–Trinajstić information content (AvgIpc) is 2.45. The monoisotopic (exact) mass is 125 g/mol. The number of rotatable bonds is 1. The zero-order valence-electron chi connectivity index (χ0n) is 5.50. The molecule has 2 aliphatic heterocycles. The Balaban J connectivity index is 2.10. The van der Waals surface area contributed by atoms with Crippen molar-refractivity contribution < 1.29 is 4.74 Å². The first-order chi connectivity index (χ1) is 4.40. The number of hydrogen-bond donors (Lipinski definition) is 1. The van der Waals surface area contributed by atoms with Gasteiger partial charge in [-0.15, -0.1) is 0 Å². The van der Waals surface area contributed by atoms with Crippen LogP contribution in [-0.4, -0.2) is 25.3 Å². The van der Waals surface area contributed by atoms with E-state index in [2.05, 4.69) is 17.5 Å². The lowest BCUT2D eigenvalue weighted by Crippen LogP contribution is -2.32. The molecular formula is C7H11NO. The van der Waals surface area contributed by atoms with Gasteiger partial charge in [0.25, 0.3) is 0 Å². The summed E-state index contributed by atoms with van der Waals surface area (Å²) in [6.45, 7) is 0. The fraction of sp³-hybridized carbons (Fsp3) is 0.714. The van der Waals surface area contributed by atoms with E-state index in [1.165, 1.54) is 0 Å². The summed E-state index contributed by atoms with van der Waals surface area (Å²) in [4.78, 5) is 0. The van der Waals surface area contributed by atoms with Crippen LogP contribution in [0.15, 0.2) is 12.2 Å². The smallest absolute Gasteiger partial charge is 0.0918 e. The maximum absolute atomic E-state index is 5.50. The highest BCUT2D eigenvalue weighted by Crippen LogP contribution is 2.27.